The Kier molecular flexibility index (Phi) is 14.8. The third-order valence-corrected chi connectivity index (χ3v) is 4.64. The third kappa shape index (κ3) is 9.78. The van der Waals surface area contributed by atoms with Crippen molar-refractivity contribution in [3.63, 3.8) is 0 Å². The van der Waals surface area contributed by atoms with E-state index in [1.807, 2.05) is 12.1 Å². The minimum atomic E-state index is 0. The topological polar surface area (TPSA) is 79.0 Å². The highest BCUT2D eigenvalue weighted by Crippen LogP contribution is 2.30. The molecular weight excluding hydrogens is 445 g/mol. The highest BCUT2D eigenvalue weighted by atomic mass is 127. The van der Waals surface area contributed by atoms with Crippen molar-refractivity contribution < 1.29 is 14.3 Å². The molecule has 1 rings (SSSR count). The minimum absolute atomic E-state index is 0. The van der Waals surface area contributed by atoms with Gasteiger partial charge in [-0.2, -0.15) is 0 Å². The molecule has 0 atom stereocenters. The van der Waals surface area contributed by atoms with Gasteiger partial charge in [-0.15, -0.1) is 24.0 Å². The smallest absolute Gasteiger partial charge is 0.191 e. The Hall–Kier alpha value is -0.800. The fourth-order valence-electron chi connectivity index (χ4n) is 2.68. The Morgan fingerprint density at radius 3 is 2.62 bits per heavy atom. The molecule has 0 saturated carbocycles. The average molecular weight is 481 g/mol. The fraction of sp³-hybridized carbons (Fsp3) is 0.737. The predicted octanol–water partition coefficient (Wildman–Crippen LogP) is 3.55. The van der Waals surface area contributed by atoms with Gasteiger partial charge >= 0.3 is 0 Å². The van der Waals surface area contributed by atoms with E-state index in [2.05, 4.69) is 31.4 Å². The molecule has 26 heavy (non-hydrogen) atoms. The van der Waals surface area contributed by atoms with Crippen LogP contribution in [-0.4, -0.2) is 43.9 Å². The van der Waals surface area contributed by atoms with E-state index in [4.69, 9.17) is 14.1 Å². The van der Waals surface area contributed by atoms with Gasteiger partial charge in [-0.1, -0.05) is 13.8 Å². The summed E-state index contributed by atoms with van der Waals surface area (Å²) >= 11 is 0. The van der Waals surface area contributed by atoms with Crippen molar-refractivity contribution >= 4 is 29.9 Å². The van der Waals surface area contributed by atoms with Gasteiger partial charge in [0.15, 0.2) is 5.96 Å². The summed E-state index contributed by atoms with van der Waals surface area (Å²) in [5.74, 6) is 1.68. The highest BCUT2D eigenvalue weighted by Gasteiger charge is 2.25. The molecule has 1 aromatic rings. The lowest BCUT2D eigenvalue weighted by atomic mass is 9.79. The monoisotopic (exact) mass is 481 g/mol. The number of guanidine groups is 1. The van der Waals surface area contributed by atoms with Crippen LogP contribution in [0.25, 0.3) is 0 Å². The molecule has 1 aromatic heterocycles. The molecule has 0 unspecified atom stereocenters. The van der Waals surface area contributed by atoms with Crippen LogP contribution in [0.15, 0.2) is 27.8 Å². The van der Waals surface area contributed by atoms with Crippen LogP contribution in [-0.2, 0) is 11.3 Å². The maximum absolute atomic E-state index is 9.32. The maximum Gasteiger partial charge on any atom is 0.191 e. The van der Waals surface area contributed by atoms with Crippen LogP contribution in [0, 0.1) is 5.41 Å². The van der Waals surface area contributed by atoms with Crippen LogP contribution in [0.5, 0.6) is 0 Å². The third-order valence-electron chi connectivity index (χ3n) is 4.64. The molecule has 3 N–H and O–H groups in total. The zero-order valence-corrected chi connectivity index (χ0v) is 18.8. The van der Waals surface area contributed by atoms with Crippen LogP contribution >= 0.6 is 24.0 Å². The van der Waals surface area contributed by atoms with Crippen LogP contribution in [0.2, 0.25) is 0 Å². The lowest BCUT2D eigenvalue weighted by Crippen LogP contribution is -2.39. The number of aliphatic hydroxyl groups is 1. The van der Waals surface area contributed by atoms with E-state index < -0.39 is 0 Å². The van der Waals surface area contributed by atoms with Crippen molar-refractivity contribution in [3.05, 3.63) is 24.2 Å². The summed E-state index contributed by atoms with van der Waals surface area (Å²) in [7, 11) is 0. The first-order valence-electron chi connectivity index (χ1n) is 9.42. The quantitative estimate of drug-likeness (QED) is 0.174. The van der Waals surface area contributed by atoms with Crippen LogP contribution in [0.1, 0.15) is 52.2 Å². The number of nitrogens with zero attached hydrogens (tertiary/aromatic N) is 1. The zero-order valence-electron chi connectivity index (χ0n) is 16.4. The number of aliphatic imine (C=N–C) groups is 1. The molecule has 0 aliphatic carbocycles. The lowest BCUT2D eigenvalue weighted by Gasteiger charge is -2.29. The number of hydrogen-bond donors (Lipinski definition) is 3. The minimum Gasteiger partial charge on any atom is -0.467 e. The van der Waals surface area contributed by atoms with Crippen molar-refractivity contribution in [2.24, 2.45) is 10.4 Å². The van der Waals surface area contributed by atoms with Crippen LogP contribution in [0.3, 0.4) is 0 Å². The van der Waals surface area contributed by atoms with Crippen molar-refractivity contribution in [2.45, 2.75) is 53.1 Å². The van der Waals surface area contributed by atoms with Gasteiger partial charge in [0.2, 0.25) is 0 Å². The maximum atomic E-state index is 9.32. The molecule has 152 valence electrons. The van der Waals surface area contributed by atoms with Crippen molar-refractivity contribution in [3.8, 4) is 0 Å². The number of aliphatic hydroxyl groups excluding tert-OH is 1. The van der Waals surface area contributed by atoms with E-state index in [0.717, 1.165) is 57.0 Å². The molecule has 1 heterocycles. The van der Waals surface area contributed by atoms with Gasteiger partial charge < -0.3 is 24.9 Å². The summed E-state index contributed by atoms with van der Waals surface area (Å²) in [5, 5.41) is 16.0. The average Bonchev–Trinajstić information content (AvgIpc) is 3.14. The van der Waals surface area contributed by atoms with Crippen LogP contribution < -0.4 is 10.6 Å². The van der Waals surface area contributed by atoms with Crippen molar-refractivity contribution in [2.75, 3.05) is 32.8 Å². The summed E-state index contributed by atoms with van der Waals surface area (Å²) < 4.78 is 10.8. The van der Waals surface area contributed by atoms with E-state index >= 15 is 0 Å². The van der Waals surface area contributed by atoms with Crippen molar-refractivity contribution in [1.29, 1.82) is 0 Å². The summed E-state index contributed by atoms with van der Waals surface area (Å²) in [5.41, 5.74) is 0.0866. The molecule has 0 aliphatic heterocycles. The molecule has 6 nitrogen and oxygen atoms in total. The molecule has 0 saturated heterocycles. The van der Waals surface area contributed by atoms with Crippen molar-refractivity contribution in [1.82, 2.24) is 10.6 Å². The normalized spacial score (nSPS) is 11.9. The Labute approximate surface area is 175 Å². The second-order valence-electron chi connectivity index (χ2n) is 6.29. The Morgan fingerprint density at radius 1 is 1.27 bits per heavy atom. The molecule has 0 spiro atoms. The Bertz CT molecular complexity index is 463. The van der Waals surface area contributed by atoms with Gasteiger partial charge in [0.05, 0.1) is 6.26 Å². The molecule has 0 aromatic carbocycles. The number of ether oxygens (including phenoxy) is 1. The van der Waals surface area contributed by atoms with E-state index in [-0.39, 0.29) is 36.0 Å². The van der Waals surface area contributed by atoms with Gasteiger partial charge in [-0.25, -0.2) is 0 Å². The summed E-state index contributed by atoms with van der Waals surface area (Å²) in [6.07, 6.45) is 5.39. The number of nitrogens with one attached hydrogen (secondary N) is 2. The summed E-state index contributed by atoms with van der Waals surface area (Å²) in [4.78, 5) is 4.73. The second kappa shape index (κ2) is 15.3. The number of furan rings is 1. The molecular formula is C19H36IN3O3. The summed E-state index contributed by atoms with van der Waals surface area (Å²) in [6.45, 7) is 10.2. The molecule has 0 amide bonds. The zero-order chi connectivity index (χ0) is 18.4. The first-order valence-corrected chi connectivity index (χ1v) is 9.42. The van der Waals surface area contributed by atoms with E-state index in [1.54, 1.807) is 6.26 Å². The molecule has 7 heteroatoms. The number of halogens is 1. The van der Waals surface area contributed by atoms with Crippen LogP contribution in [0.4, 0.5) is 0 Å². The number of rotatable bonds is 13. The summed E-state index contributed by atoms with van der Waals surface area (Å²) in [6, 6.07) is 3.77. The Balaban J connectivity index is 0.00000625. The number of hydrogen-bond acceptors (Lipinski definition) is 4. The first-order chi connectivity index (χ1) is 12.2. The lowest BCUT2D eigenvalue weighted by molar-refractivity contribution is 0.105. The van der Waals surface area contributed by atoms with E-state index in [0.29, 0.717) is 13.2 Å². The Morgan fingerprint density at radius 2 is 2.04 bits per heavy atom. The predicted molar refractivity (Wildman–Crippen MR) is 117 cm³/mol. The van der Waals surface area contributed by atoms with E-state index in [1.165, 1.54) is 0 Å². The molecule has 0 fully saturated rings. The van der Waals surface area contributed by atoms with E-state index in [9.17, 15) is 5.11 Å². The molecule has 0 bridgehead atoms. The SMILES string of the molecule is CCNC(=NCC(CC)(CC)CCO)NCCCOCc1ccco1.I. The largest absolute Gasteiger partial charge is 0.467 e. The van der Waals surface area contributed by atoms with Gasteiger partial charge in [-0.3, -0.25) is 4.99 Å². The molecule has 0 radical (unpaired) electrons. The standard InChI is InChI=1S/C19H35N3O3.HI/c1-4-19(5-2,10-12-23)16-22-18(20-6-3)21-11-8-13-24-15-17-9-7-14-25-17;/h7,9,14,23H,4-6,8,10-13,15-16H2,1-3H3,(H2,20,21,22);1H. The first kappa shape index (κ1) is 25.2. The van der Waals surface area contributed by atoms with Gasteiger partial charge in [-0.05, 0) is 50.2 Å². The van der Waals surface area contributed by atoms with Gasteiger partial charge in [0.25, 0.3) is 0 Å². The molecule has 0 aliphatic rings. The highest BCUT2D eigenvalue weighted by molar-refractivity contribution is 14.0. The fourth-order valence-corrected chi connectivity index (χ4v) is 2.68. The van der Waals surface area contributed by atoms with Gasteiger partial charge in [0, 0.05) is 32.8 Å². The van der Waals surface area contributed by atoms with Gasteiger partial charge in [0.1, 0.15) is 12.4 Å². The second-order valence-corrected chi connectivity index (χ2v) is 6.29.